The summed E-state index contributed by atoms with van der Waals surface area (Å²) >= 11 is 0. The number of rotatable bonds is 8. The Balaban J connectivity index is 1.63. The van der Waals surface area contributed by atoms with Crippen LogP contribution in [0.25, 0.3) is 0 Å². The van der Waals surface area contributed by atoms with Gasteiger partial charge in [0.15, 0.2) is 0 Å². The Bertz CT molecular complexity index is 678. The number of hydrogen-bond donors (Lipinski definition) is 0. The molecule has 0 fully saturated rings. The van der Waals surface area contributed by atoms with Gasteiger partial charge in [0.25, 0.3) is 0 Å². The molecule has 0 heterocycles. The molecule has 1 aliphatic rings. The van der Waals surface area contributed by atoms with Gasteiger partial charge in [-0.2, -0.15) is 0 Å². The van der Waals surface area contributed by atoms with Gasteiger partial charge >= 0.3 is 0 Å². The lowest BCUT2D eigenvalue weighted by Crippen LogP contribution is -2.13. The van der Waals surface area contributed by atoms with E-state index in [1.165, 1.54) is 61.6 Å². The smallest absolute Gasteiger partial charge is 0.0118 e. The first-order valence-electron chi connectivity index (χ1n) is 10.1. The van der Waals surface area contributed by atoms with Crippen molar-refractivity contribution in [2.45, 2.75) is 70.6 Å². The van der Waals surface area contributed by atoms with E-state index in [1.54, 1.807) is 11.1 Å². The fraction of sp³-hybridized carbons (Fsp3) is 0.440. The third-order valence-electron chi connectivity index (χ3n) is 5.66. The van der Waals surface area contributed by atoms with E-state index in [1.807, 2.05) is 6.08 Å². The molecule has 0 spiro atoms. The van der Waals surface area contributed by atoms with Crippen molar-refractivity contribution in [2.75, 3.05) is 0 Å². The lowest BCUT2D eigenvalue weighted by atomic mass is 9.79. The molecule has 0 aromatic heterocycles. The molecule has 0 saturated heterocycles. The number of fused-ring (bicyclic) bond motifs is 1. The van der Waals surface area contributed by atoms with Crippen LogP contribution in [0.3, 0.4) is 0 Å². The number of benzene rings is 2. The van der Waals surface area contributed by atoms with E-state index < -0.39 is 0 Å². The van der Waals surface area contributed by atoms with Crippen LogP contribution in [0.1, 0.15) is 72.8 Å². The SMILES string of the molecule is C=CCCc1ccc2c(c1)CCC(c1ccc(CCCCC)cc1)C2. The third-order valence-corrected chi connectivity index (χ3v) is 5.66. The van der Waals surface area contributed by atoms with Gasteiger partial charge in [-0.1, -0.05) is 68.3 Å². The number of unbranched alkanes of at least 4 members (excludes halogenated alkanes) is 2. The first kappa shape index (κ1) is 18.0. The highest BCUT2D eigenvalue weighted by Gasteiger charge is 2.20. The monoisotopic (exact) mass is 332 g/mol. The molecule has 1 aliphatic carbocycles. The topological polar surface area (TPSA) is 0 Å². The zero-order valence-electron chi connectivity index (χ0n) is 15.8. The highest BCUT2D eigenvalue weighted by Crippen LogP contribution is 2.33. The number of allylic oxidation sites excluding steroid dienone is 1. The predicted molar refractivity (Wildman–Crippen MR) is 109 cm³/mol. The fourth-order valence-corrected chi connectivity index (χ4v) is 4.05. The second-order valence-corrected chi connectivity index (χ2v) is 7.57. The molecule has 0 heteroatoms. The summed E-state index contributed by atoms with van der Waals surface area (Å²) in [6, 6.07) is 16.6. The van der Waals surface area contributed by atoms with Crippen LogP contribution >= 0.6 is 0 Å². The normalized spacial score (nSPS) is 16.4. The van der Waals surface area contributed by atoms with Gasteiger partial charge in [0, 0.05) is 0 Å². The van der Waals surface area contributed by atoms with Gasteiger partial charge in [-0.3, -0.25) is 0 Å². The van der Waals surface area contributed by atoms with Crippen molar-refractivity contribution in [3.63, 3.8) is 0 Å². The van der Waals surface area contributed by atoms with E-state index >= 15 is 0 Å². The molecule has 132 valence electrons. The standard InChI is InChI=1S/C25H32/c1-3-5-7-9-20-10-13-22(14-11-20)24-17-16-23-18-21(8-6-4-2)12-15-25(23)19-24/h4,10-15,18,24H,2-3,5-9,16-17,19H2,1H3. The summed E-state index contributed by atoms with van der Waals surface area (Å²) in [6.07, 6.45) is 13.1. The second-order valence-electron chi connectivity index (χ2n) is 7.57. The van der Waals surface area contributed by atoms with E-state index in [4.69, 9.17) is 0 Å². The van der Waals surface area contributed by atoms with Gasteiger partial charge < -0.3 is 0 Å². The number of hydrogen-bond acceptors (Lipinski definition) is 0. The average molecular weight is 333 g/mol. The molecule has 25 heavy (non-hydrogen) atoms. The van der Waals surface area contributed by atoms with Crippen molar-refractivity contribution in [1.29, 1.82) is 0 Å². The molecule has 0 N–H and O–H groups in total. The molecule has 1 atom stereocenters. The van der Waals surface area contributed by atoms with E-state index in [-0.39, 0.29) is 0 Å². The Morgan fingerprint density at radius 3 is 2.52 bits per heavy atom. The molecule has 2 aromatic rings. The first-order valence-corrected chi connectivity index (χ1v) is 10.1. The molecule has 3 rings (SSSR count). The summed E-state index contributed by atoms with van der Waals surface area (Å²) in [5.41, 5.74) is 7.63. The van der Waals surface area contributed by atoms with Gasteiger partial charge in [0.05, 0.1) is 0 Å². The molecule has 0 radical (unpaired) electrons. The van der Waals surface area contributed by atoms with Crippen LogP contribution in [0.2, 0.25) is 0 Å². The molecule has 2 aromatic carbocycles. The van der Waals surface area contributed by atoms with Crippen LogP contribution in [-0.2, 0) is 25.7 Å². The lowest BCUT2D eigenvalue weighted by molar-refractivity contribution is 0.584. The molecule has 0 nitrogen and oxygen atoms in total. The summed E-state index contributed by atoms with van der Waals surface area (Å²) < 4.78 is 0. The quantitative estimate of drug-likeness (QED) is 0.368. The van der Waals surface area contributed by atoms with Gasteiger partial charge in [0.1, 0.15) is 0 Å². The minimum atomic E-state index is 0.691. The maximum Gasteiger partial charge on any atom is -0.0118 e. The summed E-state index contributed by atoms with van der Waals surface area (Å²) in [7, 11) is 0. The summed E-state index contributed by atoms with van der Waals surface area (Å²) in [5, 5.41) is 0. The Morgan fingerprint density at radius 2 is 1.76 bits per heavy atom. The molecular weight excluding hydrogens is 300 g/mol. The van der Waals surface area contributed by atoms with Crippen LogP contribution in [-0.4, -0.2) is 0 Å². The zero-order valence-corrected chi connectivity index (χ0v) is 15.8. The average Bonchev–Trinajstić information content (AvgIpc) is 2.66. The lowest BCUT2D eigenvalue weighted by Gasteiger charge is -2.25. The molecule has 0 bridgehead atoms. The Kier molecular flexibility index (Phi) is 6.50. The van der Waals surface area contributed by atoms with E-state index in [9.17, 15) is 0 Å². The highest BCUT2D eigenvalue weighted by molar-refractivity contribution is 5.37. The van der Waals surface area contributed by atoms with Gasteiger partial charge in [-0.25, -0.2) is 0 Å². The zero-order chi connectivity index (χ0) is 17.5. The summed E-state index contributed by atoms with van der Waals surface area (Å²) in [5.74, 6) is 0.691. The Hall–Kier alpha value is -1.82. The molecular formula is C25H32. The van der Waals surface area contributed by atoms with Crippen molar-refractivity contribution in [3.8, 4) is 0 Å². The van der Waals surface area contributed by atoms with Crippen LogP contribution in [0.4, 0.5) is 0 Å². The Labute approximate surface area is 154 Å². The Morgan fingerprint density at radius 1 is 0.960 bits per heavy atom. The largest absolute Gasteiger partial charge is 0.103 e. The minimum absolute atomic E-state index is 0.691. The molecule has 1 unspecified atom stereocenters. The van der Waals surface area contributed by atoms with E-state index in [0.717, 1.165) is 12.8 Å². The van der Waals surface area contributed by atoms with Crippen LogP contribution in [0.5, 0.6) is 0 Å². The summed E-state index contributed by atoms with van der Waals surface area (Å²) in [4.78, 5) is 0. The third kappa shape index (κ3) is 4.84. The fourth-order valence-electron chi connectivity index (χ4n) is 4.05. The summed E-state index contributed by atoms with van der Waals surface area (Å²) in [6.45, 7) is 6.10. The molecule has 0 aliphatic heterocycles. The molecule has 0 saturated carbocycles. The molecule has 0 amide bonds. The van der Waals surface area contributed by atoms with Gasteiger partial charge in [-0.15, -0.1) is 6.58 Å². The van der Waals surface area contributed by atoms with Gasteiger partial charge in [-0.05, 0) is 78.7 Å². The minimum Gasteiger partial charge on any atom is -0.103 e. The van der Waals surface area contributed by atoms with Gasteiger partial charge in [0.2, 0.25) is 0 Å². The highest BCUT2D eigenvalue weighted by atomic mass is 14.2. The van der Waals surface area contributed by atoms with Crippen molar-refractivity contribution in [3.05, 3.63) is 82.9 Å². The van der Waals surface area contributed by atoms with Crippen LogP contribution < -0.4 is 0 Å². The van der Waals surface area contributed by atoms with E-state index in [2.05, 4.69) is 56.0 Å². The maximum absolute atomic E-state index is 3.83. The van der Waals surface area contributed by atoms with Crippen LogP contribution in [0, 0.1) is 0 Å². The van der Waals surface area contributed by atoms with Crippen molar-refractivity contribution in [2.24, 2.45) is 0 Å². The number of aryl methyl sites for hydroxylation is 3. The first-order chi connectivity index (χ1) is 12.3. The predicted octanol–water partition coefficient (Wildman–Crippen LogP) is 6.81. The van der Waals surface area contributed by atoms with Crippen molar-refractivity contribution in [1.82, 2.24) is 0 Å². The van der Waals surface area contributed by atoms with Crippen molar-refractivity contribution >= 4 is 0 Å². The van der Waals surface area contributed by atoms with E-state index in [0.29, 0.717) is 5.92 Å². The maximum atomic E-state index is 3.83. The van der Waals surface area contributed by atoms with Crippen LogP contribution in [0.15, 0.2) is 55.1 Å². The second kappa shape index (κ2) is 9.04. The van der Waals surface area contributed by atoms with Crippen molar-refractivity contribution < 1.29 is 0 Å².